The molecule has 0 bridgehead atoms. The molecule has 0 atom stereocenters. The van der Waals surface area contributed by atoms with Crippen LogP contribution >= 0.6 is 11.8 Å². The number of aromatic amines is 1. The molecule has 2 rings (SSSR count). The number of hydrogen-bond acceptors (Lipinski definition) is 6. The number of aromatic nitrogens is 3. The molecular weight excluding hydrogens is 266 g/mol. The number of nitrogens with zero attached hydrogens (tertiary/aromatic N) is 2. The van der Waals surface area contributed by atoms with Crippen molar-refractivity contribution in [2.45, 2.75) is 19.0 Å². The number of ether oxygens (including phenoxy) is 1. The standard InChI is InChI=1S/C12H13N3O3S/c1-6-4-7(2)13-10-9(6)11(17)15-12(14-10)19-5-8(16)18-3/h4H,5H2,1-3H3,(H,13,14,15,17). The first-order chi connectivity index (χ1) is 9.01. The maximum absolute atomic E-state index is 12.0. The minimum atomic E-state index is -0.374. The van der Waals surface area contributed by atoms with Gasteiger partial charge in [-0.1, -0.05) is 11.8 Å². The van der Waals surface area contributed by atoms with E-state index < -0.39 is 0 Å². The zero-order valence-electron chi connectivity index (χ0n) is 10.8. The fraction of sp³-hybridized carbons (Fsp3) is 0.333. The van der Waals surface area contributed by atoms with Gasteiger partial charge in [0.1, 0.15) is 0 Å². The van der Waals surface area contributed by atoms with Crippen LogP contribution in [0, 0.1) is 13.8 Å². The number of aryl methyl sites for hydroxylation is 2. The summed E-state index contributed by atoms with van der Waals surface area (Å²) in [7, 11) is 1.31. The Morgan fingerprint density at radius 3 is 2.84 bits per heavy atom. The van der Waals surface area contributed by atoms with Crippen LogP contribution in [0.15, 0.2) is 16.0 Å². The maximum Gasteiger partial charge on any atom is 0.316 e. The van der Waals surface area contributed by atoms with E-state index in [1.807, 2.05) is 19.9 Å². The highest BCUT2D eigenvalue weighted by Crippen LogP contribution is 2.16. The summed E-state index contributed by atoms with van der Waals surface area (Å²) in [4.78, 5) is 34.2. The number of carbonyl (C=O) groups is 1. The first kappa shape index (κ1) is 13.5. The lowest BCUT2D eigenvalue weighted by Crippen LogP contribution is -2.13. The Morgan fingerprint density at radius 2 is 2.16 bits per heavy atom. The van der Waals surface area contributed by atoms with Crippen molar-refractivity contribution in [1.29, 1.82) is 0 Å². The summed E-state index contributed by atoms with van der Waals surface area (Å²) in [5.41, 5.74) is 1.78. The third-order valence-corrected chi connectivity index (χ3v) is 3.38. The van der Waals surface area contributed by atoms with Crippen molar-refractivity contribution in [2.75, 3.05) is 12.9 Å². The monoisotopic (exact) mass is 279 g/mol. The van der Waals surface area contributed by atoms with E-state index in [0.29, 0.717) is 16.2 Å². The molecule has 19 heavy (non-hydrogen) atoms. The molecular formula is C12H13N3O3S. The van der Waals surface area contributed by atoms with Gasteiger partial charge in [-0.2, -0.15) is 0 Å². The lowest BCUT2D eigenvalue weighted by atomic mass is 10.2. The number of thioether (sulfide) groups is 1. The van der Waals surface area contributed by atoms with E-state index in [2.05, 4.69) is 19.7 Å². The minimum Gasteiger partial charge on any atom is -0.468 e. The number of esters is 1. The van der Waals surface area contributed by atoms with E-state index >= 15 is 0 Å². The van der Waals surface area contributed by atoms with Gasteiger partial charge >= 0.3 is 5.97 Å². The second kappa shape index (κ2) is 5.40. The van der Waals surface area contributed by atoms with Gasteiger partial charge in [-0.15, -0.1) is 0 Å². The summed E-state index contributed by atoms with van der Waals surface area (Å²) in [6.07, 6.45) is 0. The predicted octanol–water partition coefficient (Wildman–Crippen LogP) is 1.20. The summed E-state index contributed by atoms with van der Waals surface area (Å²) in [6.45, 7) is 3.69. The zero-order chi connectivity index (χ0) is 14.0. The van der Waals surface area contributed by atoms with Gasteiger partial charge in [0.2, 0.25) is 0 Å². The van der Waals surface area contributed by atoms with Crippen LogP contribution in [0.25, 0.3) is 11.0 Å². The molecule has 7 heteroatoms. The fourth-order valence-corrected chi connectivity index (χ4v) is 2.41. The molecule has 0 aliphatic carbocycles. The summed E-state index contributed by atoms with van der Waals surface area (Å²) in [5.74, 6) is -0.281. The predicted molar refractivity (Wildman–Crippen MR) is 72.4 cm³/mol. The summed E-state index contributed by atoms with van der Waals surface area (Å²) in [5, 5.41) is 0.841. The van der Waals surface area contributed by atoms with Crippen molar-refractivity contribution >= 4 is 28.8 Å². The number of rotatable bonds is 3. The highest BCUT2D eigenvalue weighted by molar-refractivity contribution is 7.99. The first-order valence-corrected chi connectivity index (χ1v) is 6.57. The van der Waals surface area contributed by atoms with Gasteiger partial charge in [0.25, 0.3) is 5.56 Å². The van der Waals surface area contributed by atoms with Crippen LogP contribution in [0.5, 0.6) is 0 Å². The van der Waals surface area contributed by atoms with Crippen LogP contribution in [0.1, 0.15) is 11.3 Å². The average Bonchev–Trinajstić information content (AvgIpc) is 2.34. The molecule has 100 valence electrons. The van der Waals surface area contributed by atoms with Crippen molar-refractivity contribution in [2.24, 2.45) is 0 Å². The third-order valence-electron chi connectivity index (χ3n) is 2.53. The van der Waals surface area contributed by atoms with Gasteiger partial charge in [-0.3, -0.25) is 9.59 Å². The Balaban J connectivity index is 2.44. The first-order valence-electron chi connectivity index (χ1n) is 5.59. The second-order valence-corrected chi connectivity index (χ2v) is 4.98. The van der Waals surface area contributed by atoms with Crippen LogP contribution in [0.3, 0.4) is 0 Å². The van der Waals surface area contributed by atoms with E-state index in [0.717, 1.165) is 23.0 Å². The molecule has 2 aromatic rings. The van der Waals surface area contributed by atoms with Crippen LogP contribution in [0.2, 0.25) is 0 Å². The van der Waals surface area contributed by atoms with Crippen molar-refractivity contribution in [1.82, 2.24) is 15.0 Å². The highest BCUT2D eigenvalue weighted by atomic mass is 32.2. The van der Waals surface area contributed by atoms with Crippen LogP contribution in [-0.2, 0) is 9.53 Å². The molecule has 0 saturated carbocycles. The van der Waals surface area contributed by atoms with Crippen molar-refractivity contribution < 1.29 is 9.53 Å². The molecule has 0 radical (unpaired) electrons. The molecule has 0 aliphatic rings. The Bertz CT molecular complexity index is 696. The molecule has 0 fully saturated rings. The largest absolute Gasteiger partial charge is 0.468 e. The Morgan fingerprint density at radius 1 is 1.42 bits per heavy atom. The van der Waals surface area contributed by atoms with Crippen molar-refractivity contribution in [3.8, 4) is 0 Å². The molecule has 0 unspecified atom stereocenters. The molecule has 0 aliphatic heterocycles. The normalized spacial score (nSPS) is 10.7. The molecule has 0 aromatic carbocycles. The van der Waals surface area contributed by atoms with Crippen LogP contribution in [-0.4, -0.2) is 33.8 Å². The van der Waals surface area contributed by atoms with E-state index in [1.54, 1.807) is 0 Å². The zero-order valence-corrected chi connectivity index (χ0v) is 11.6. The lowest BCUT2D eigenvalue weighted by molar-refractivity contribution is -0.137. The summed E-state index contributed by atoms with van der Waals surface area (Å²) in [6, 6.07) is 1.83. The number of nitrogens with one attached hydrogen (secondary N) is 1. The second-order valence-electron chi connectivity index (χ2n) is 4.02. The fourth-order valence-electron chi connectivity index (χ4n) is 1.72. The molecule has 0 saturated heterocycles. The number of hydrogen-bond donors (Lipinski definition) is 1. The van der Waals surface area contributed by atoms with Crippen molar-refractivity contribution in [3.63, 3.8) is 0 Å². The number of H-pyrrole nitrogens is 1. The molecule has 0 spiro atoms. The number of fused-ring (bicyclic) bond motifs is 1. The van der Waals surface area contributed by atoms with E-state index in [1.165, 1.54) is 7.11 Å². The Labute approximate surface area is 113 Å². The van der Waals surface area contributed by atoms with Gasteiger partial charge in [-0.25, -0.2) is 9.97 Å². The van der Waals surface area contributed by atoms with E-state index in [-0.39, 0.29) is 17.3 Å². The van der Waals surface area contributed by atoms with Crippen LogP contribution < -0.4 is 5.56 Å². The average molecular weight is 279 g/mol. The van der Waals surface area contributed by atoms with Gasteiger partial charge in [0.05, 0.1) is 18.2 Å². The van der Waals surface area contributed by atoms with Gasteiger partial charge in [0.15, 0.2) is 10.8 Å². The topological polar surface area (TPSA) is 84.9 Å². The molecule has 0 amide bonds. The van der Waals surface area contributed by atoms with Crippen molar-refractivity contribution in [3.05, 3.63) is 27.7 Å². The molecule has 6 nitrogen and oxygen atoms in total. The highest BCUT2D eigenvalue weighted by Gasteiger charge is 2.10. The smallest absolute Gasteiger partial charge is 0.316 e. The lowest BCUT2D eigenvalue weighted by Gasteiger charge is -2.04. The number of pyridine rings is 1. The van der Waals surface area contributed by atoms with E-state index in [4.69, 9.17) is 0 Å². The van der Waals surface area contributed by atoms with Gasteiger partial charge in [-0.05, 0) is 25.5 Å². The number of carbonyl (C=O) groups excluding carboxylic acids is 1. The maximum atomic E-state index is 12.0. The quantitative estimate of drug-likeness (QED) is 0.516. The van der Waals surface area contributed by atoms with Gasteiger partial charge in [0, 0.05) is 5.69 Å². The van der Waals surface area contributed by atoms with Crippen LogP contribution in [0.4, 0.5) is 0 Å². The SMILES string of the molecule is COC(=O)CSc1nc2nc(C)cc(C)c2c(=O)[nH]1. The molecule has 2 aromatic heterocycles. The minimum absolute atomic E-state index is 0.0930. The van der Waals surface area contributed by atoms with Gasteiger partial charge < -0.3 is 9.72 Å². The molecule has 1 N–H and O–H groups in total. The Kier molecular flexibility index (Phi) is 3.84. The number of methoxy groups -OCH3 is 1. The molecule has 2 heterocycles. The third kappa shape index (κ3) is 2.93. The Hall–Kier alpha value is -1.89. The summed E-state index contributed by atoms with van der Waals surface area (Å²) < 4.78 is 4.53. The van der Waals surface area contributed by atoms with E-state index in [9.17, 15) is 9.59 Å². The summed E-state index contributed by atoms with van der Waals surface area (Å²) >= 11 is 1.11.